The summed E-state index contributed by atoms with van der Waals surface area (Å²) in [6.45, 7) is 26.4. The van der Waals surface area contributed by atoms with Gasteiger partial charge in [0.25, 0.3) is 0 Å². The Morgan fingerprint density at radius 2 is 0.656 bits per heavy atom. The molecule has 0 spiro atoms. The lowest BCUT2D eigenvalue weighted by molar-refractivity contribution is 0.144. The summed E-state index contributed by atoms with van der Waals surface area (Å²) in [5.41, 5.74) is 4.49. The summed E-state index contributed by atoms with van der Waals surface area (Å²) in [6, 6.07) is 12.9. The average molecular weight is 433 g/mol. The summed E-state index contributed by atoms with van der Waals surface area (Å²) in [4.78, 5) is 0. The van der Waals surface area contributed by atoms with Gasteiger partial charge in [-0.3, -0.25) is 0 Å². The van der Waals surface area contributed by atoms with Crippen molar-refractivity contribution in [3.63, 3.8) is 0 Å². The Morgan fingerprint density at radius 3 is 0.812 bits per heavy atom. The summed E-state index contributed by atoms with van der Waals surface area (Å²) in [7, 11) is 0. The van der Waals surface area contributed by atoms with Crippen LogP contribution in [0.5, 0.6) is 0 Å². The van der Waals surface area contributed by atoms with Crippen LogP contribution >= 0.6 is 0 Å². The Kier molecular flexibility index (Phi) is 6.61. The first-order chi connectivity index (χ1) is 14.2. The predicted molar refractivity (Wildman–Crippen MR) is 140 cm³/mol. The highest BCUT2D eigenvalue weighted by molar-refractivity contribution is 5.51. The number of rotatable bonds is 2. The van der Waals surface area contributed by atoms with Crippen LogP contribution in [-0.4, -0.2) is 5.11 Å². The first-order valence-electron chi connectivity index (χ1n) is 11.7. The van der Waals surface area contributed by atoms with E-state index < -0.39 is 5.60 Å². The third-order valence-electron chi connectivity index (χ3n) is 6.37. The maximum Gasteiger partial charge on any atom is 0.176 e. The SMILES string of the molecule is C#CC(O)(c1cc(C(C)(C)C)cc(C(C)(C)C)c1)c1cc(C(C)(C)C)cc(C(C)(C)C)c1. The Bertz CT molecular complexity index is 879. The van der Waals surface area contributed by atoms with Gasteiger partial charge >= 0.3 is 0 Å². The van der Waals surface area contributed by atoms with Crippen molar-refractivity contribution < 1.29 is 5.11 Å². The second kappa shape index (κ2) is 8.07. The summed E-state index contributed by atoms with van der Waals surface area (Å²) >= 11 is 0. The van der Waals surface area contributed by atoms with E-state index in [1.165, 1.54) is 22.3 Å². The molecule has 0 bridgehead atoms. The van der Waals surface area contributed by atoms with Gasteiger partial charge in [-0.1, -0.05) is 125 Å². The molecule has 0 saturated carbocycles. The van der Waals surface area contributed by atoms with E-state index in [9.17, 15) is 5.11 Å². The minimum atomic E-state index is -1.51. The molecule has 0 heterocycles. The monoisotopic (exact) mass is 432 g/mol. The van der Waals surface area contributed by atoms with Gasteiger partial charge in [-0.05, 0) is 43.9 Å². The molecular weight excluding hydrogens is 388 g/mol. The van der Waals surface area contributed by atoms with Crippen LogP contribution in [0.3, 0.4) is 0 Å². The van der Waals surface area contributed by atoms with E-state index in [1.54, 1.807) is 0 Å². The second-order valence-electron chi connectivity index (χ2n) is 13.5. The van der Waals surface area contributed by atoms with Crippen molar-refractivity contribution in [2.75, 3.05) is 0 Å². The minimum Gasteiger partial charge on any atom is -0.369 e. The van der Waals surface area contributed by atoms with Crippen LogP contribution in [0.1, 0.15) is 116 Å². The highest BCUT2D eigenvalue weighted by atomic mass is 16.3. The zero-order valence-electron chi connectivity index (χ0n) is 22.5. The minimum absolute atomic E-state index is 0.0602. The molecular formula is C31H44O. The molecule has 1 heteroatoms. The van der Waals surface area contributed by atoms with Gasteiger partial charge in [-0.25, -0.2) is 0 Å². The zero-order chi connectivity index (χ0) is 24.9. The van der Waals surface area contributed by atoms with Gasteiger partial charge < -0.3 is 5.11 Å². The zero-order valence-corrected chi connectivity index (χ0v) is 22.5. The Hall–Kier alpha value is -2.04. The van der Waals surface area contributed by atoms with Gasteiger partial charge in [0.15, 0.2) is 5.60 Å². The van der Waals surface area contributed by atoms with Crippen molar-refractivity contribution >= 4 is 0 Å². The molecule has 0 saturated heterocycles. The van der Waals surface area contributed by atoms with Crippen molar-refractivity contribution in [3.8, 4) is 12.3 Å². The standard InChI is InChI=1S/C31H44O/c1-14-31(32,25-17-21(27(2,3)4)15-22(18-25)28(5,6)7)26-19-23(29(8,9)10)16-24(20-26)30(11,12)13/h1,15-20,32H,2-13H3. The molecule has 1 N–H and O–H groups in total. The highest BCUT2D eigenvalue weighted by Gasteiger charge is 2.34. The molecule has 0 atom stereocenters. The van der Waals surface area contributed by atoms with Gasteiger partial charge in [-0.15, -0.1) is 6.42 Å². The molecule has 2 rings (SSSR count). The molecule has 32 heavy (non-hydrogen) atoms. The van der Waals surface area contributed by atoms with E-state index in [0.29, 0.717) is 0 Å². The first-order valence-corrected chi connectivity index (χ1v) is 11.7. The number of hydrogen-bond donors (Lipinski definition) is 1. The fraction of sp³-hybridized carbons (Fsp3) is 0.548. The van der Waals surface area contributed by atoms with Crippen LogP contribution < -0.4 is 0 Å². The normalized spacial score (nSPS) is 13.8. The Morgan fingerprint density at radius 1 is 0.469 bits per heavy atom. The van der Waals surface area contributed by atoms with Gasteiger partial charge in [0.05, 0.1) is 0 Å². The van der Waals surface area contributed by atoms with Gasteiger partial charge in [-0.2, -0.15) is 0 Å². The second-order valence-corrected chi connectivity index (χ2v) is 13.5. The van der Waals surface area contributed by atoms with E-state index in [-0.39, 0.29) is 21.7 Å². The van der Waals surface area contributed by atoms with E-state index in [4.69, 9.17) is 6.42 Å². The molecule has 1 nitrogen and oxygen atoms in total. The lowest BCUT2D eigenvalue weighted by Crippen LogP contribution is -2.29. The summed E-state index contributed by atoms with van der Waals surface area (Å²) < 4.78 is 0. The van der Waals surface area contributed by atoms with Crippen LogP contribution in [0.2, 0.25) is 0 Å². The smallest absolute Gasteiger partial charge is 0.176 e. The lowest BCUT2D eigenvalue weighted by Gasteiger charge is -2.33. The van der Waals surface area contributed by atoms with Gasteiger partial charge in [0.1, 0.15) is 0 Å². The van der Waals surface area contributed by atoms with Crippen LogP contribution in [0.4, 0.5) is 0 Å². The van der Waals surface area contributed by atoms with Crippen LogP contribution in [0, 0.1) is 12.3 Å². The largest absolute Gasteiger partial charge is 0.369 e. The molecule has 2 aromatic rings. The van der Waals surface area contributed by atoms with Crippen molar-refractivity contribution in [3.05, 3.63) is 69.8 Å². The number of aliphatic hydroxyl groups is 1. The highest BCUT2D eigenvalue weighted by Crippen LogP contribution is 2.39. The maximum atomic E-state index is 12.1. The third kappa shape index (κ3) is 5.47. The topological polar surface area (TPSA) is 20.2 Å². The van der Waals surface area contributed by atoms with Crippen molar-refractivity contribution in [2.45, 2.75) is 110 Å². The van der Waals surface area contributed by atoms with Crippen molar-refractivity contribution in [2.24, 2.45) is 0 Å². The van der Waals surface area contributed by atoms with Crippen LogP contribution in [0.25, 0.3) is 0 Å². The quantitative estimate of drug-likeness (QED) is 0.481. The number of hydrogen-bond acceptors (Lipinski definition) is 1. The van der Waals surface area contributed by atoms with Gasteiger partial charge in [0.2, 0.25) is 0 Å². The lowest BCUT2D eigenvalue weighted by atomic mass is 9.74. The van der Waals surface area contributed by atoms with E-state index in [0.717, 1.165) is 11.1 Å². The average Bonchev–Trinajstić information content (AvgIpc) is 2.63. The summed E-state index contributed by atoms with van der Waals surface area (Å²) in [6.07, 6.45) is 6.11. The van der Waals surface area contributed by atoms with Crippen molar-refractivity contribution in [1.29, 1.82) is 0 Å². The molecule has 0 aliphatic heterocycles. The maximum absolute atomic E-state index is 12.1. The number of terminal acetylenes is 1. The Labute approximate surface area is 197 Å². The van der Waals surface area contributed by atoms with Crippen LogP contribution in [-0.2, 0) is 27.3 Å². The van der Waals surface area contributed by atoms with E-state index in [2.05, 4.69) is 125 Å². The third-order valence-corrected chi connectivity index (χ3v) is 6.37. The van der Waals surface area contributed by atoms with E-state index in [1.807, 2.05) is 0 Å². The van der Waals surface area contributed by atoms with E-state index >= 15 is 0 Å². The fourth-order valence-corrected chi connectivity index (χ4v) is 3.74. The summed E-state index contributed by atoms with van der Waals surface area (Å²) in [5, 5.41) is 12.1. The Balaban J connectivity index is 2.92. The molecule has 0 amide bonds. The molecule has 0 aliphatic carbocycles. The molecule has 174 valence electrons. The predicted octanol–water partition coefficient (Wildman–Crippen LogP) is 7.75. The molecule has 0 unspecified atom stereocenters. The van der Waals surface area contributed by atoms with Crippen LogP contribution in [0.15, 0.2) is 36.4 Å². The summed E-state index contributed by atoms with van der Waals surface area (Å²) in [5.74, 6) is 2.78. The number of benzene rings is 2. The molecule has 0 aliphatic rings. The van der Waals surface area contributed by atoms with Crippen molar-refractivity contribution in [1.82, 2.24) is 0 Å². The molecule has 0 aromatic heterocycles. The fourth-order valence-electron chi connectivity index (χ4n) is 3.74. The molecule has 0 radical (unpaired) electrons. The molecule has 0 fully saturated rings. The first kappa shape index (κ1) is 26.2. The van der Waals surface area contributed by atoms with Gasteiger partial charge in [0, 0.05) is 11.1 Å². The molecule has 2 aromatic carbocycles.